The molecule has 0 amide bonds. The third-order valence-corrected chi connectivity index (χ3v) is 2.69. The fourth-order valence-corrected chi connectivity index (χ4v) is 1.83. The molecule has 0 saturated heterocycles. The summed E-state index contributed by atoms with van der Waals surface area (Å²) >= 11 is 3.55. The SMILES string of the molecule is CCc1cc(Br)cc(C(C)(C)C)c1. The highest BCUT2D eigenvalue weighted by molar-refractivity contribution is 9.10. The smallest absolute Gasteiger partial charge is 0.0180 e. The van der Waals surface area contributed by atoms with Gasteiger partial charge >= 0.3 is 0 Å². The summed E-state index contributed by atoms with van der Waals surface area (Å²) in [5, 5.41) is 0. The number of hydrogen-bond donors (Lipinski definition) is 0. The van der Waals surface area contributed by atoms with Crippen molar-refractivity contribution in [2.24, 2.45) is 0 Å². The molecule has 0 aliphatic rings. The molecule has 0 spiro atoms. The van der Waals surface area contributed by atoms with Crippen molar-refractivity contribution in [1.29, 1.82) is 0 Å². The van der Waals surface area contributed by atoms with Gasteiger partial charge in [-0.2, -0.15) is 0 Å². The summed E-state index contributed by atoms with van der Waals surface area (Å²) in [5.74, 6) is 0. The molecule has 1 rings (SSSR count). The van der Waals surface area contributed by atoms with E-state index in [4.69, 9.17) is 0 Å². The molecule has 1 aromatic carbocycles. The summed E-state index contributed by atoms with van der Waals surface area (Å²) in [6.07, 6.45) is 1.10. The lowest BCUT2D eigenvalue weighted by atomic mass is 9.86. The minimum Gasteiger partial charge on any atom is -0.0613 e. The second-order valence-corrected chi connectivity index (χ2v) is 5.37. The Hall–Kier alpha value is -0.300. The van der Waals surface area contributed by atoms with Gasteiger partial charge in [0.05, 0.1) is 0 Å². The Morgan fingerprint density at radius 2 is 1.77 bits per heavy atom. The van der Waals surface area contributed by atoms with Crippen LogP contribution in [0.15, 0.2) is 22.7 Å². The van der Waals surface area contributed by atoms with Crippen molar-refractivity contribution in [3.63, 3.8) is 0 Å². The maximum Gasteiger partial charge on any atom is 0.0180 e. The van der Waals surface area contributed by atoms with Crippen LogP contribution in [0.4, 0.5) is 0 Å². The largest absolute Gasteiger partial charge is 0.0613 e. The van der Waals surface area contributed by atoms with Gasteiger partial charge in [0.1, 0.15) is 0 Å². The molecule has 0 N–H and O–H groups in total. The minimum atomic E-state index is 0.244. The molecule has 0 heterocycles. The summed E-state index contributed by atoms with van der Waals surface area (Å²) in [6, 6.07) is 6.69. The molecule has 0 aromatic heterocycles. The Bertz CT molecular complexity index is 294. The fraction of sp³-hybridized carbons (Fsp3) is 0.500. The van der Waals surface area contributed by atoms with Crippen LogP contribution in [0.1, 0.15) is 38.8 Å². The van der Waals surface area contributed by atoms with E-state index in [0.29, 0.717) is 0 Å². The third-order valence-electron chi connectivity index (χ3n) is 2.23. The van der Waals surface area contributed by atoms with E-state index >= 15 is 0 Å². The average Bonchev–Trinajstić information content (AvgIpc) is 2.01. The topological polar surface area (TPSA) is 0 Å². The third kappa shape index (κ3) is 2.84. The van der Waals surface area contributed by atoms with E-state index in [1.54, 1.807) is 0 Å². The summed E-state index contributed by atoms with van der Waals surface area (Å²) in [6.45, 7) is 8.92. The van der Waals surface area contributed by atoms with Crippen molar-refractivity contribution >= 4 is 15.9 Å². The predicted molar refractivity (Wildman–Crippen MR) is 62.2 cm³/mol. The lowest BCUT2D eigenvalue weighted by molar-refractivity contribution is 0.589. The maximum atomic E-state index is 3.55. The first-order chi connectivity index (χ1) is 5.93. The molecule has 72 valence electrons. The first kappa shape index (κ1) is 10.8. The number of aryl methyl sites for hydroxylation is 1. The molecule has 0 aliphatic heterocycles. The molecule has 13 heavy (non-hydrogen) atoms. The molecular weight excluding hydrogens is 224 g/mol. The average molecular weight is 241 g/mol. The van der Waals surface area contributed by atoms with E-state index in [9.17, 15) is 0 Å². The molecule has 0 atom stereocenters. The molecule has 0 nitrogen and oxygen atoms in total. The standard InChI is InChI=1S/C12H17Br/c1-5-9-6-10(12(2,3)4)8-11(13)7-9/h6-8H,5H2,1-4H3. The Balaban J connectivity index is 3.16. The zero-order valence-electron chi connectivity index (χ0n) is 8.82. The molecule has 1 aromatic rings. The normalized spacial score (nSPS) is 11.8. The lowest BCUT2D eigenvalue weighted by Crippen LogP contribution is -2.11. The van der Waals surface area contributed by atoms with E-state index in [1.807, 2.05) is 0 Å². The number of halogens is 1. The van der Waals surface area contributed by atoms with Crippen molar-refractivity contribution in [1.82, 2.24) is 0 Å². The zero-order chi connectivity index (χ0) is 10.1. The number of benzene rings is 1. The van der Waals surface area contributed by atoms with E-state index in [2.05, 4.69) is 61.8 Å². The quantitative estimate of drug-likeness (QED) is 0.687. The Labute approximate surface area is 89.5 Å². The van der Waals surface area contributed by atoms with Gasteiger partial charge in [-0.25, -0.2) is 0 Å². The summed E-state index contributed by atoms with van der Waals surface area (Å²) in [4.78, 5) is 0. The van der Waals surface area contributed by atoms with Crippen LogP contribution in [0.25, 0.3) is 0 Å². The molecule has 0 unspecified atom stereocenters. The fourth-order valence-electron chi connectivity index (χ4n) is 1.29. The van der Waals surface area contributed by atoms with Crippen LogP contribution in [-0.4, -0.2) is 0 Å². The molecule has 0 bridgehead atoms. The summed E-state index contributed by atoms with van der Waals surface area (Å²) < 4.78 is 1.19. The predicted octanol–water partition coefficient (Wildman–Crippen LogP) is 4.31. The van der Waals surface area contributed by atoms with Crippen molar-refractivity contribution in [2.45, 2.75) is 39.5 Å². The van der Waals surface area contributed by atoms with E-state index < -0.39 is 0 Å². The van der Waals surface area contributed by atoms with Gasteiger partial charge in [0, 0.05) is 4.47 Å². The molecule has 0 aliphatic carbocycles. The van der Waals surface area contributed by atoms with Gasteiger partial charge in [-0.1, -0.05) is 49.7 Å². The molecule has 0 saturated carbocycles. The van der Waals surface area contributed by atoms with Gasteiger partial charge in [0.15, 0.2) is 0 Å². The first-order valence-corrected chi connectivity index (χ1v) is 5.52. The van der Waals surface area contributed by atoms with Crippen LogP contribution >= 0.6 is 15.9 Å². The van der Waals surface area contributed by atoms with Crippen LogP contribution in [0, 0.1) is 0 Å². The zero-order valence-corrected chi connectivity index (χ0v) is 10.4. The highest BCUT2D eigenvalue weighted by Gasteiger charge is 2.14. The Morgan fingerprint density at radius 3 is 2.23 bits per heavy atom. The van der Waals surface area contributed by atoms with Gasteiger partial charge in [-0.3, -0.25) is 0 Å². The van der Waals surface area contributed by atoms with Crippen molar-refractivity contribution < 1.29 is 0 Å². The second kappa shape index (κ2) is 3.83. The van der Waals surface area contributed by atoms with Gasteiger partial charge in [-0.05, 0) is 35.1 Å². The molecule has 0 radical (unpaired) electrons. The van der Waals surface area contributed by atoms with Crippen LogP contribution in [0.3, 0.4) is 0 Å². The van der Waals surface area contributed by atoms with Crippen molar-refractivity contribution in [2.75, 3.05) is 0 Å². The Morgan fingerprint density at radius 1 is 1.15 bits per heavy atom. The number of hydrogen-bond acceptors (Lipinski definition) is 0. The molecular formula is C12H17Br. The molecule has 1 heteroatoms. The first-order valence-electron chi connectivity index (χ1n) is 4.73. The van der Waals surface area contributed by atoms with E-state index in [-0.39, 0.29) is 5.41 Å². The second-order valence-electron chi connectivity index (χ2n) is 4.45. The monoisotopic (exact) mass is 240 g/mol. The van der Waals surface area contributed by atoms with Gasteiger partial charge in [0.25, 0.3) is 0 Å². The highest BCUT2D eigenvalue weighted by atomic mass is 79.9. The van der Waals surface area contributed by atoms with Crippen molar-refractivity contribution in [3.8, 4) is 0 Å². The van der Waals surface area contributed by atoms with Gasteiger partial charge < -0.3 is 0 Å². The summed E-state index contributed by atoms with van der Waals surface area (Å²) in [7, 11) is 0. The summed E-state index contributed by atoms with van der Waals surface area (Å²) in [5.41, 5.74) is 3.05. The minimum absolute atomic E-state index is 0.244. The number of rotatable bonds is 1. The Kier molecular flexibility index (Phi) is 3.18. The lowest BCUT2D eigenvalue weighted by Gasteiger charge is -2.20. The van der Waals surface area contributed by atoms with Crippen LogP contribution in [-0.2, 0) is 11.8 Å². The maximum absolute atomic E-state index is 3.55. The molecule has 0 fully saturated rings. The van der Waals surface area contributed by atoms with E-state index in [0.717, 1.165) is 6.42 Å². The highest BCUT2D eigenvalue weighted by Crippen LogP contribution is 2.26. The van der Waals surface area contributed by atoms with Crippen LogP contribution in [0.2, 0.25) is 0 Å². The van der Waals surface area contributed by atoms with Gasteiger partial charge in [0.2, 0.25) is 0 Å². The van der Waals surface area contributed by atoms with Crippen molar-refractivity contribution in [3.05, 3.63) is 33.8 Å². The van der Waals surface area contributed by atoms with Gasteiger partial charge in [-0.15, -0.1) is 0 Å². The van der Waals surface area contributed by atoms with Crippen LogP contribution < -0.4 is 0 Å². The van der Waals surface area contributed by atoms with Crippen LogP contribution in [0.5, 0.6) is 0 Å². The van der Waals surface area contributed by atoms with E-state index in [1.165, 1.54) is 15.6 Å².